The van der Waals surface area contributed by atoms with Crippen LogP contribution in [0.2, 0.25) is 0 Å². The fourth-order valence-electron chi connectivity index (χ4n) is 2.78. The number of nitrogens with zero attached hydrogens (tertiary/aromatic N) is 1. The molecule has 1 heterocycles. The lowest BCUT2D eigenvalue weighted by molar-refractivity contribution is -0.141. The first-order valence-corrected chi connectivity index (χ1v) is 6.69. The summed E-state index contributed by atoms with van der Waals surface area (Å²) < 4.78 is 4.52. The molecule has 0 radical (unpaired) electrons. The SMILES string of the molecule is COC(=O)CCN1C(=O)NC2(CCC(C)CC2)C1=O. The van der Waals surface area contributed by atoms with Crippen LogP contribution in [-0.2, 0) is 14.3 Å². The molecule has 1 saturated carbocycles. The molecule has 3 amide bonds. The van der Waals surface area contributed by atoms with E-state index >= 15 is 0 Å². The number of esters is 1. The van der Waals surface area contributed by atoms with Gasteiger partial charge in [-0.25, -0.2) is 4.79 Å². The summed E-state index contributed by atoms with van der Waals surface area (Å²) in [6, 6.07) is -0.386. The summed E-state index contributed by atoms with van der Waals surface area (Å²) in [6.45, 7) is 2.25. The van der Waals surface area contributed by atoms with Crippen LogP contribution in [0, 0.1) is 5.92 Å². The number of imide groups is 1. The standard InChI is InChI=1S/C13H20N2O4/c1-9-3-6-13(7-4-9)11(17)15(12(18)14-13)8-5-10(16)19-2/h9H,3-8H2,1-2H3,(H,14,18). The number of hydrogen-bond acceptors (Lipinski definition) is 4. The summed E-state index contributed by atoms with van der Waals surface area (Å²) in [6.07, 6.45) is 3.30. The predicted molar refractivity (Wildman–Crippen MR) is 67.2 cm³/mol. The van der Waals surface area contributed by atoms with Gasteiger partial charge in [0.15, 0.2) is 0 Å². The quantitative estimate of drug-likeness (QED) is 0.613. The smallest absolute Gasteiger partial charge is 0.325 e. The number of methoxy groups -OCH3 is 1. The molecule has 2 rings (SSSR count). The second kappa shape index (κ2) is 5.19. The molecule has 0 aromatic carbocycles. The number of nitrogens with one attached hydrogen (secondary N) is 1. The first kappa shape index (κ1) is 13.8. The van der Waals surface area contributed by atoms with E-state index in [-0.39, 0.29) is 24.9 Å². The number of ether oxygens (including phenoxy) is 1. The van der Waals surface area contributed by atoms with E-state index in [1.54, 1.807) is 0 Å². The maximum atomic E-state index is 12.4. The maximum absolute atomic E-state index is 12.4. The molecule has 0 aromatic rings. The molecule has 6 nitrogen and oxygen atoms in total. The van der Waals surface area contributed by atoms with Gasteiger partial charge in [0.1, 0.15) is 5.54 Å². The summed E-state index contributed by atoms with van der Waals surface area (Å²) >= 11 is 0. The monoisotopic (exact) mass is 268 g/mol. The highest BCUT2D eigenvalue weighted by atomic mass is 16.5. The van der Waals surface area contributed by atoms with Crippen LogP contribution in [-0.4, -0.2) is 42.0 Å². The highest BCUT2D eigenvalue weighted by molar-refractivity contribution is 6.07. The van der Waals surface area contributed by atoms with E-state index in [9.17, 15) is 14.4 Å². The van der Waals surface area contributed by atoms with Crippen molar-refractivity contribution in [2.45, 2.75) is 44.6 Å². The maximum Gasteiger partial charge on any atom is 0.325 e. The molecule has 1 saturated heterocycles. The molecule has 2 fully saturated rings. The van der Waals surface area contributed by atoms with Crippen molar-refractivity contribution in [2.75, 3.05) is 13.7 Å². The van der Waals surface area contributed by atoms with Gasteiger partial charge < -0.3 is 10.1 Å². The average molecular weight is 268 g/mol. The molecular weight excluding hydrogens is 248 g/mol. The fourth-order valence-corrected chi connectivity index (χ4v) is 2.78. The Bertz CT molecular complexity index is 399. The van der Waals surface area contributed by atoms with Crippen LogP contribution in [0.4, 0.5) is 4.79 Å². The molecule has 0 unspecified atom stereocenters. The van der Waals surface area contributed by atoms with Crippen LogP contribution < -0.4 is 5.32 Å². The van der Waals surface area contributed by atoms with Gasteiger partial charge in [-0.05, 0) is 31.6 Å². The van der Waals surface area contributed by atoms with Gasteiger partial charge in [0.25, 0.3) is 5.91 Å². The zero-order chi connectivity index (χ0) is 14.0. The van der Waals surface area contributed by atoms with E-state index < -0.39 is 11.5 Å². The number of amides is 3. The van der Waals surface area contributed by atoms with Crippen molar-refractivity contribution in [1.82, 2.24) is 10.2 Å². The number of hydrogen-bond donors (Lipinski definition) is 1. The molecule has 106 valence electrons. The van der Waals surface area contributed by atoms with E-state index in [2.05, 4.69) is 17.0 Å². The summed E-state index contributed by atoms with van der Waals surface area (Å²) in [5.41, 5.74) is -0.723. The van der Waals surface area contributed by atoms with Gasteiger partial charge >= 0.3 is 12.0 Å². The van der Waals surface area contributed by atoms with Crippen molar-refractivity contribution in [2.24, 2.45) is 5.92 Å². The van der Waals surface area contributed by atoms with Gasteiger partial charge in [-0.3, -0.25) is 14.5 Å². The van der Waals surface area contributed by atoms with Crippen LogP contribution >= 0.6 is 0 Å². The molecule has 19 heavy (non-hydrogen) atoms. The first-order chi connectivity index (χ1) is 8.98. The fraction of sp³-hybridized carbons (Fsp3) is 0.769. The van der Waals surface area contributed by atoms with Gasteiger partial charge in [-0.1, -0.05) is 6.92 Å². The largest absolute Gasteiger partial charge is 0.469 e. The summed E-state index contributed by atoms with van der Waals surface area (Å²) in [5, 5.41) is 2.82. The Morgan fingerprint density at radius 3 is 2.63 bits per heavy atom. The molecule has 2 aliphatic rings. The Morgan fingerprint density at radius 1 is 1.42 bits per heavy atom. The summed E-state index contributed by atoms with van der Waals surface area (Å²) in [5.74, 6) is -0.00781. The topological polar surface area (TPSA) is 75.7 Å². The van der Waals surface area contributed by atoms with E-state index in [0.717, 1.165) is 17.7 Å². The summed E-state index contributed by atoms with van der Waals surface area (Å²) in [4.78, 5) is 36.5. The Balaban J connectivity index is 2.02. The Kier molecular flexibility index (Phi) is 3.78. The predicted octanol–water partition coefficient (Wildman–Crippen LogP) is 1.05. The third-order valence-electron chi connectivity index (χ3n) is 4.14. The lowest BCUT2D eigenvalue weighted by atomic mass is 9.77. The number of carbonyl (C=O) groups is 3. The lowest BCUT2D eigenvalue weighted by Gasteiger charge is -2.33. The Labute approximate surface area is 112 Å². The molecule has 1 aliphatic heterocycles. The van der Waals surface area contributed by atoms with E-state index in [4.69, 9.17) is 0 Å². The number of urea groups is 1. The minimum atomic E-state index is -0.723. The van der Waals surface area contributed by atoms with Crippen LogP contribution in [0.5, 0.6) is 0 Å². The van der Waals surface area contributed by atoms with Crippen molar-refractivity contribution >= 4 is 17.9 Å². The minimum absolute atomic E-state index is 0.0438. The second-order valence-electron chi connectivity index (χ2n) is 5.48. The second-order valence-corrected chi connectivity index (χ2v) is 5.48. The van der Waals surface area contributed by atoms with Gasteiger partial charge in [0, 0.05) is 6.54 Å². The van der Waals surface area contributed by atoms with E-state index in [0.29, 0.717) is 18.8 Å². The van der Waals surface area contributed by atoms with Crippen LogP contribution in [0.3, 0.4) is 0 Å². The van der Waals surface area contributed by atoms with Crippen molar-refractivity contribution in [3.05, 3.63) is 0 Å². The van der Waals surface area contributed by atoms with Crippen molar-refractivity contribution < 1.29 is 19.1 Å². The molecule has 6 heteroatoms. The third kappa shape index (κ3) is 2.57. The van der Waals surface area contributed by atoms with E-state index in [1.165, 1.54) is 7.11 Å². The molecule has 1 spiro atoms. The lowest BCUT2D eigenvalue weighted by Crippen LogP contribution is -2.49. The highest BCUT2D eigenvalue weighted by Crippen LogP contribution is 2.36. The molecule has 0 aromatic heterocycles. The first-order valence-electron chi connectivity index (χ1n) is 6.69. The van der Waals surface area contributed by atoms with Crippen molar-refractivity contribution in [3.8, 4) is 0 Å². The van der Waals surface area contributed by atoms with Gasteiger partial charge in [-0.15, -0.1) is 0 Å². The van der Waals surface area contributed by atoms with Crippen molar-refractivity contribution in [1.29, 1.82) is 0 Å². The van der Waals surface area contributed by atoms with Crippen LogP contribution in [0.15, 0.2) is 0 Å². The van der Waals surface area contributed by atoms with Gasteiger partial charge in [0.05, 0.1) is 13.5 Å². The molecule has 1 aliphatic carbocycles. The van der Waals surface area contributed by atoms with Crippen LogP contribution in [0.25, 0.3) is 0 Å². The number of rotatable bonds is 3. The number of carbonyl (C=O) groups excluding carboxylic acids is 3. The summed E-state index contributed by atoms with van der Waals surface area (Å²) in [7, 11) is 1.29. The van der Waals surface area contributed by atoms with Gasteiger partial charge in [-0.2, -0.15) is 0 Å². The molecule has 0 atom stereocenters. The van der Waals surface area contributed by atoms with E-state index in [1.807, 2.05) is 0 Å². The van der Waals surface area contributed by atoms with Crippen LogP contribution in [0.1, 0.15) is 39.0 Å². The average Bonchev–Trinajstić information content (AvgIpc) is 2.63. The molecule has 0 bridgehead atoms. The minimum Gasteiger partial charge on any atom is -0.469 e. The zero-order valence-electron chi connectivity index (χ0n) is 11.4. The Morgan fingerprint density at radius 2 is 2.05 bits per heavy atom. The van der Waals surface area contributed by atoms with Gasteiger partial charge in [0.2, 0.25) is 0 Å². The zero-order valence-corrected chi connectivity index (χ0v) is 11.4. The highest BCUT2D eigenvalue weighted by Gasteiger charge is 2.51. The van der Waals surface area contributed by atoms with Crippen molar-refractivity contribution in [3.63, 3.8) is 0 Å². The third-order valence-corrected chi connectivity index (χ3v) is 4.14. The Hall–Kier alpha value is -1.59. The normalized spacial score (nSPS) is 30.6. The molecule has 1 N–H and O–H groups in total. The molecular formula is C13H20N2O4.